The molecule has 0 radical (unpaired) electrons. The summed E-state index contributed by atoms with van der Waals surface area (Å²) >= 11 is 0. The van der Waals surface area contributed by atoms with Crippen LogP contribution in [0.4, 0.5) is 0 Å². The third-order valence-electron chi connectivity index (χ3n) is 4.93. The Morgan fingerprint density at radius 2 is 1.79 bits per heavy atom. The number of aryl methyl sites for hydroxylation is 1. The molecule has 6 rings (SSSR count). The maximum atomic E-state index is 5.67. The summed E-state index contributed by atoms with van der Waals surface area (Å²) < 4.78 is 24.0. The number of imidazole rings is 1. The standard InChI is InChI=1S/C20H14N4O4/c1-11-17-13(7-16-19(11)28-10-27-16)22-20(24-5-4-21-8-24)23-18(17)12-2-3-14-15(6-12)26-9-25-14/h2-8H,9-10H2,1H3. The average molecular weight is 374 g/mol. The van der Waals surface area contributed by atoms with E-state index < -0.39 is 0 Å². The smallest absolute Gasteiger partial charge is 0.236 e. The van der Waals surface area contributed by atoms with Gasteiger partial charge < -0.3 is 18.9 Å². The van der Waals surface area contributed by atoms with Crippen molar-refractivity contribution in [2.45, 2.75) is 6.92 Å². The maximum absolute atomic E-state index is 5.67. The Hall–Kier alpha value is -3.81. The van der Waals surface area contributed by atoms with Gasteiger partial charge in [-0.25, -0.2) is 15.0 Å². The molecular formula is C20H14N4O4. The quantitative estimate of drug-likeness (QED) is 0.533. The molecule has 0 fully saturated rings. The van der Waals surface area contributed by atoms with E-state index in [4.69, 9.17) is 28.9 Å². The van der Waals surface area contributed by atoms with Gasteiger partial charge in [-0.05, 0) is 25.1 Å². The molecule has 2 aliphatic heterocycles. The summed E-state index contributed by atoms with van der Waals surface area (Å²) in [6.45, 7) is 2.42. The molecule has 2 aromatic heterocycles. The summed E-state index contributed by atoms with van der Waals surface area (Å²) in [5.74, 6) is 3.37. The van der Waals surface area contributed by atoms with Crippen LogP contribution in [0.3, 0.4) is 0 Å². The van der Waals surface area contributed by atoms with Gasteiger partial charge in [-0.15, -0.1) is 0 Å². The summed E-state index contributed by atoms with van der Waals surface area (Å²) in [6, 6.07) is 7.69. The Kier molecular flexibility index (Phi) is 3.05. The van der Waals surface area contributed by atoms with Gasteiger partial charge in [-0.3, -0.25) is 4.57 Å². The van der Waals surface area contributed by atoms with Gasteiger partial charge in [0.15, 0.2) is 23.0 Å². The normalized spacial score (nSPS) is 14.0. The minimum absolute atomic E-state index is 0.202. The summed E-state index contributed by atoms with van der Waals surface area (Å²) in [6.07, 6.45) is 5.17. The van der Waals surface area contributed by atoms with Crippen LogP contribution in [-0.4, -0.2) is 33.1 Å². The van der Waals surface area contributed by atoms with Crippen LogP contribution < -0.4 is 18.9 Å². The summed E-state index contributed by atoms with van der Waals surface area (Å²) in [7, 11) is 0. The molecule has 8 heteroatoms. The molecular weight excluding hydrogens is 360 g/mol. The van der Waals surface area contributed by atoms with E-state index in [9.17, 15) is 0 Å². The first kappa shape index (κ1) is 15.3. The highest BCUT2D eigenvalue weighted by Crippen LogP contribution is 2.44. The van der Waals surface area contributed by atoms with Crippen molar-refractivity contribution in [2.24, 2.45) is 0 Å². The first-order valence-electron chi connectivity index (χ1n) is 8.77. The third-order valence-corrected chi connectivity index (χ3v) is 4.93. The Morgan fingerprint density at radius 3 is 2.68 bits per heavy atom. The fourth-order valence-electron chi connectivity index (χ4n) is 3.61. The van der Waals surface area contributed by atoms with Crippen LogP contribution >= 0.6 is 0 Å². The van der Waals surface area contributed by atoms with Gasteiger partial charge in [0.2, 0.25) is 19.5 Å². The van der Waals surface area contributed by atoms with Crippen molar-refractivity contribution < 1.29 is 18.9 Å². The van der Waals surface area contributed by atoms with Crippen molar-refractivity contribution >= 4 is 10.9 Å². The number of hydrogen-bond acceptors (Lipinski definition) is 7. The Labute approximate surface area is 159 Å². The van der Waals surface area contributed by atoms with E-state index >= 15 is 0 Å². The Morgan fingerprint density at radius 1 is 0.929 bits per heavy atom. The van der Waals surface area contributed by atoms with Crippen molar-refractivity contribution in [3.05, 3.63) is 48.5 Å². The van der Waals surface area contributed by atoms with E-state index in [-0.39, 0.29) is 13.6 Å². The maximum Gasteiger partial charge on any atom is 0.236 e. The van der Waals surface area contributed by atoms with Crippen molar-refractivity contribution in [2.75, 3.05) is 13.6 Å². The second-order valence-electron chi connectivity index (χ2n) is 6.54. The average Bonchev–Trinajstić information content (AvgIpc) is 3.47. The lowest BCUT2D eigenvalue weighted by Gasteiger charge is -2.13. The zero-order valence-electron chi connectivity index (χ0n) is 14.9. The van der Waals surface area contributed by atoms with Gasteiger partial charge in [-0.2, -0.15) is 0 Å². The molecule has 138 valence electrons. The van der Waals surface area contributed by atoms with Gasteiger partial charge in [0.05, 0.1) is 11.2 Å². The third kappa shape index (κ3) is 2.14. The summed E-state index contributed by atoms with van der Waals surface area (Å²) in [4.78, 5) is 13.7. The van der Waals surface area contributed by atoms with E-state index in [2.05, 4.69) is 4.98 Å². The van der Waals surface area contributed by atoms with Gasteiger partial charge in [-0.1, -0.05) is 0 Å². The summed E-state index contributed by atoms with van der Waals surface area (Å²) in [5.41, 5.74) is 3.39. The number of benzene rings is 2. The number of fused-ring (bicyclic) bond motifs is 3. The molecule has 0 saturated carbocycles. The molecule has 0 amide bonds. The molecule has 2 aromatic carbocycles. The molecule has 4 heterocycles. The lowest BCUT2D eigenvalue weighted by molar-refractivity contribution is 0.173. The molecule has 0 bridgehead atoms. The fourth-order valence-corrected chi connectivity index (χ4v) is 3.61. The second kappa shape index (κ2) is 5.59. The van der Waals surface area contributed by atoms with Gasteiger partial charge >= 0.3 is 0 Å². The number of hydrogen-bond donors (Lipinski definition) is 0. The highest BCUT2D eigenvalue weighted by atomic mass is 16.7. The minimum atomic E-state index is 0.202. The topological polar surface area (TPSA) is 80.5 Å². The van der Waals surface area contributed by atoms with E-state index in [0.29, 0.717) is 17.4 Å². The van der Waals surface area contributed by atoms with Crippen LogP contribution in [0.15, 0.2) is 43.0 Å². The lowest BCUT2D eigenvalue weighted by atomic mass is 10.0. The number of nitrogens with zero attached hydrogens (tertiary/aromatic N) is 4. The van der Waals surface area contributed by atoms with Crippen LogP contribution in [0.2, 0.25) is 0 Å². The zero-order chi connectivity index (χ0) is 18.7. The van der Waals surface area contributed by atoms with Crippen LogP contribution in [0, 0.1) is 6.92 Å². The summed E-state index contributed by atoms with van der Waals surface area (Å²) in [5, 5.41) is 0.909. The molecule has 0 unspecified atom stereocenters. The lowest BCUT2D eigenvalue weighted by Crippen LogP contribution is -2.02. The monoisotopic (exact) mass is 374 g/mol. The highest BCUT2D eigenvalue weighted by molar-refractivity contribution is 5.98. The molecule has 0 spiro atoms. The van der Waals surface area contributed by atoms with Crippen LogP contribution in [0.25, 0.3) is 28.1 Å². The zero-order valence-corrected chi connectivity index (χ0v) is 14.9. The van der Waals surface area contributed by atoms with Gasteiger partial charge in [0.1, 0.15) is 6.33 Å². The van der Waals surface area contributed by atoms with Crippen LogP contribution in [0.5, 0.6) is 23.0 Å². The van der Waals surface area contributed by atoms with E-state index in [1.54, 1.807) is 17.1 Å². The van der Waals surface area contributed by atoms with Crippen molar-refractivity contribution in [1.82, 2.24) is 19.5 Å². The van der Waals surface area contributed by atoms with E-state index in [1.165, 1.54) is 0 Å². The van der Waals surface area contributed by atoms with Crippen molar-refractivity contribution in [3.8, 4) is 40.2 Å². The largest absolute Gasteiger partial charge is 0.454 e. The second-order valence-corrected chi connectivity index (χ2v) is 6.54. The molecule has 0 aliphatic carbocycles. The minimum Gasteiger partial charge on any atom is -0.454 e. The van der Waals surface area contributed by atoms with E-state index in [0.717, 1.165) is 39.2 Å². The van der Waals surface area contributed by atoms with Gasteiger partial charge in [0.25, 0.3) is 0 Å². The predicted molar refractivity (Wildman–Crippen MR) is 99.1 cm³/mol. The molecule has 4 aromatic rings. The van der Waals surface area contributed by atoms with E-state index in [1.807, 2.05) is 37.4 Å². The molecule has 8 nitrogen and oxygen atoms in total. The SMILES string of the molecule is Cc1c2c(cc3nc(-n4ccnc4)nc(-c4ccc5c(c4)OCO5)c13)OCO2. The fraction of sp³-hybridized carbons (Fsp3) is 0.150. The molecule has 0 N–H and O–H groups in total. The predicted octanol–water partition coefficient (Wildman–Crippen LogP) is 3.25. The van der Waals surface area contributed by atoms with Crippen LogP contribution in [-0.2, 0) is 0 Å². The Balaban J connectivity index is 1.67. The molecule has 0 atom stereocenters. The molecule has 0 saturated heterocycles. The van der Waals surface area contributed by atoms with Gasteiger partial charge in [0, 0.05) is 35.0 Å². The highest BCUT2D eigenvalue weighted by Gasteiger charge is 2.24. The molecule has 2 aliphatic rings. The number of aromatic nitrogens is 4. The number of ether oxygens (including phenoxy) is 4. The first-order valence-corrected chi connectivity index (χ1v) is 8.77. The van der Waals surface area contributed by atoms with Crippen LogP contribution in [0.1, 0.15) is 5.56 Å². The van der Waals surface area contributed by atoms with Crippen molar-refractivity contribution in [1.29, 1.82) is 0 Å². The number of rotatable bonds is 2. The Bertz CT molecular complexity index is 1240. The molecule has 28 heavy (non-hydrogen) atoms. The first-order chi connectivity index (χ1) is 13.8. The van der Waals surface area contributed by atoms with Crippen molar-refractivity contribution in [3.63, 3.8) is 0 Å².